The van der Waals surface area contributed by atoms with Crippen molar-refractivity contribution in [2.75, 3.05) is 5.73 Å². The number of benzene rings is 1. The third kappa shape index (κ3) is 2.07. The maximum atomic E-state index is 12.6. The summed E-state index contributed by atoms with van der Waals surface area (Å²) in [5.74, 6) is 0.331. The Morgan fingerprint density at radius 1 is 1.00 bits per heavy atom. The summed E-state index contributed by atoms with van der Waals surface area (Å²) in [6, 6.07) is 12.4. The van der Waals surface area contributed by atoms with Gasteiger partial charge < -0.3 is 5.73 Å². The maximum absolute atomic E-state index is 12.6. The third-order valence-corrected chi connectivity index (χ3v) is 4.18. The predicted octanol–water partition coefficient (Wildman–Crippen LogP) is 1.61. The largest absolute Gasteiger partial charge is 0.383 e. The van der Waals surface area contributed by atoms with Crippen LogP contribution in [0.5, 0.6) is 0 Å². The van der Waals surface area contributed by atoms with Gasteiger partial charge in [0.15, 0.2) is 5.65 Å². The van der Waals surface area contributed by atoms with E-state index in [2.05, 4.69) is 30.5 Å². The van der Waals surface area contributed by atoms with Gasteiger partial charge in [-0.3, -0.25) is 14.9 Å². The van der Waals surface area contributed by atoms with Crippen LogP contribution in [-0.2, 0) is 0 Å². The molecule has 0 bridgehead atoms. The molecule has 0 atom stereocenters. The lowest BCUT2D eigenvalue weighted by Gasteiger charge is -2.03. The molecule has 0 amide bonds. The normalized spacial score (nSPS) is 11.4. The fourth-order valence-corrected chi connectivity index (χ4v) is 2.97. The molecule has 0 aliphatic carbocycles. The van der Waals surface area contributed by atoms with Crippen molar-refractivity contribution in [3.63, 3.8) is 0 Å². The molecule has 4 heterocycles. The quantitative estimate of drug-likeness (QED) is 0.446. The van der Waals surface area contributed by atoms with Gasteiger partial charge in [-0.1, -0.05) is 12.1 Å². The van der Waals surface area contributed by atoms with E-state index < -0.39 is 0 Å². The molecule has 0 saturated heterocycles. The van der Waals surface area contributed by atoms with Crippen molar-refractivity contribution in [2.24, 2.45) is 0 Å². The first-order chi connectivity index (χ1) is 12.7. The van der Waals surface area contributed by atoms with Crippen molar-refractivity contribution in [3.05, 3.63) is 59.0 Å². The lowest BCUT2D eigenvalue weighted by atomic mass is 10.1. The Bertz CT molecular complexity index is 1320. The second-order valence-corrected chi connectivity index (χ2v) is 5.78. The van der Waals surface area contributed by atoms with E-state index in [1.165, 1.54) is 10.6 Å². The molecule has 0 radical (unpaired) electrons. The lowest BCUT2D eigenvalue weighted by Crippen LogP contribution is -2.14. The number of hydrogen-bond donors (Lipinski definition) is 3. The summed E-state index contributed by atoms with van der Waals surface area (Å²) in [5.41, 5.74) is 10.2. The minimum absolute atomic E-state index is 0.265. The van der Waals surface area contributed by atoms with Crippen molar-refractivity contribution >= 4 is 22.5 Å². The number of nitrogen functional groups attached to an aromatic ring is 1. The average Bonchev–Trinajstić information content (AvgIpc) is 3.25. The summed E-state index contributed by atoms with van der Waals surface area (Å²) < 4.78 is 1.32. The third-order valence-electron chi connectivity index (χ3n) is 4.18. The van der Waals surface area contributed by atoms with Gasteiger partial charge in [0.25, 0.3) is 5.56 Å². The number of aromatic nitrogens is 7. The second kappa shape index (κ2) is 5.24. The smallest absolute Gasteiger partial charge is 0.273 e. The molecule has 9 heteroatoms. The van der Waals surface area contributed by atoms with E-state index in [0.717, 1.165) is 11.1 Å². The van der Waals surface area contributed by atoms with Crippen LogP contribution in [-0.4, -0.2) is 35.0 Å². The number of fused-ring (bicyclic) bond motifs is 2. The van der Waals surface area contributed by atoms with Crippen molar-refractivity contribution in [1.82, 2.24) is 35.0 Å². The molecule has 126 valence electrons. The number of anilines is 1. The van der Waals surface area contributed by atoms with Crippen LogP contribution in [0.4, 0.5) is 5.82 Å². The first-order valence-corrected chi connectivity index (χ1v) is 7.84. The molecule has 0 spiro atoms. The number of nitrogens with zero attached hydrogens (tertiary/aromatic N) is 5. The average molecular weight is 344 g/mol. The van der Waals surface area contributed by atoms with E-state index in [1.807, 2.05) is 36.4 Å². The van der Waals surface area contributed by atoms with E-state index in [0.29, 0.717) is 33.9 Å². The van der Waals surface area contributed by atoms with Gasteiger partial charge in [-0.05, 0) is 24.3 Å². The van der Waals surface area contributed by atoms with Gasteiger partial charge in [-0.25, -0.2) is 4.98 Å². The molecule has 5 rings (SSSR count). The molecule has 9 nitrogen and oxygen atoms in total. The van der Waals surface area contributed by atoms with Crippen molar-refractivity contribution in [3.8, 4) is 22.5 Å². The van der Waals surface area contributed by atoms with Gasteiger partial charge in [0.2, 0.25) is 0 Å². The first kappa shape index (κ1) is 14.3. The minimum atomic E-state index is -0.265. The summed E-state index contributed by atoms with van der Waals surface area (Å²) in [6.07, 6.45) is 1.67. The Kier molecular flexibility index (Phi) is 2.89. The number of pyridine rings is 1. The molecule has 0 aliphatic rings. The molecule has 0 unspecified atom stereocenters. The molecule has 4 N–H and O–H groups in total. The Morgan fingerprint density at radius 3 is 2.73 bits per heavy atom. The SMILES string of the molecule is Nc1[nH]n2c(=O)cc(-c3ccc4n[nH]nc4c3)nc2c1-c1ccccn1. The number of aromatic amines is 2. The first-order valence-electron chi connectivity index (χ1n) is 7.84. The highest BCUT2D eigenvalue weighted by atomic mass is 16.1. The zero-order valence-electron chi connectivity index (χ0n) is 13.3. The van der Waals surface area contributed by atoms with Crippen LogP contribution < -0.4 is 11.3 Å². The van der Waals surface area contributed by atoms with Gasteiger partial charge in [0, 0.05) is 17.8 Å². The second-order valence-electron chi connectivity index (χ2n) is 5.78. The van der Waals surface area contributed by atoms with Gasteiger partial charge >= 0.3 is 0 Å². The molecule has 26 heavy (non-hydrogen) atoms. The number of rotatable bonds is 2. The molecule has 0 aliphatic heterocycles. The maximum Gasteiger partial charge on any atom is 0.273 e. The Labute approximate surface area is 145 Å². The predicted molar refractivity (Wildman–Crippen MR) is 96.3 cm³/mol. The Hall–Kier alpha value is -4.01. The topological polar surface area (TPSA) is 131 Å². The molecule has 5 aromatic rings. The summed E-state index contributed by atoms with van der Waals surface area (Å²) in [7, 11) is 0. The number of hydrogen-bond acceptors (Lipinski definition) is 6. The van der Waals surface area contributed by atoms with Gasteiger partial charge in [-0.15, -0.1) is 0 Å². The minimum Gasteiger partial charge on any atom is -0.383 e. The molecule has 0 fully saturated rings. The monoisotopic (exact) mass is 344 g/mol. The zero-order valence-corrected chi connectivity index (χ0v) is 13.3. The summed E-state index contributed by atoms with van der Waals surface area (Å²) >= 11 is 0. The number of nitrogens with one attached hydrogen (secondary N) is 2. The van der Waals surface area contributed by atoms with Crippen molar-refractivity contribution in [2.45, 2.75) is 0 Å². The fourth-order valence-electron chi connectivity index (χ4n) is 2.97. The number of H-pyrrole nitrogens is 2. The van der Waals surface area contributed by atoms with Crippen LogP contribution in [0.15, 0.2) is 53.5 Å². The van der Waals surface area contributed by atoms with Crippen LogP contribution in [0, 0.1) is 0 Å². The van der Waals surface area contributed by atoms with Crippen molar-refractivity contribution in [1.29, 1.82) is 0 Å². The van der Waals surface area contributed by atoms with Crippen LogP contribution in [0.2, 0.25) is 0 Å². The highest BCUT2D eigenvalue weighted by Gasteiger charge is 2.17. The standard InChI is InChI=1S/C17H12N8O/c18-16-15(11-3-1-2-6-19-11)17-20-12(8-14(26)25(17)23-16)9-4-5-10-13(7-9)22-24-21-10/h1-8,23H,18H2,(H,21,22,24). The van der Waals surface area contributed by atoms with Crippen molar-refractivity contribution < 1.29 is 0 Å². The van der Waals surface area contributed by atoms with Gasteiger partial charge in [0.05, 0.1) is 17.0 Å². The van der Waals surface area contributed by atoms with Gasteiger partial charge in [-0.2, -0.15) is 19.9 Å². The zero-order chi connectivity index (χ0) is 17.7. The lowest BCUT2D eigenvalue weighted by molar-refractivity contribution is 0.906. The van der Waals surface area contributed by atoms with E-state index in [9.17, 15) is 4.79 Å². The summed E-state index contributed by atoms with van der Waals surface area (Å²) in [4.78, 5) is 21.5. The van der Waals surface area contributed by atoms with Crippen LogP contribution in [0.1, 0.15) is 0 Å². The van der Waals surface area contributed by atoms with Crippen LogP contribution in [0.25, 0.3) is 39.2 Å². The van der Waals surface area contributed by atoms with Crippen LogP contribution >= 0.6 is 0 Å². The fraction of sp³-hybridized carbons (Fsp3) is 0. The Balaban J connectivity index is 1.79. The van der Waals surface area contributed by atoms with Crippen LogP contribution in [0.3, 0.4) is 0 Å². The molecular weight excluding hydrogens is 332 g/mol. The van der Waals surface area contributed by atoms with E-state index in [-0.39, 0.29) is 5.56 Å². The summed E-state index contributed by atoms with van der Waals surface area (Å²) in [6.45, 7) is 0. The summed E-state index contributed by atoms with van der Waals surface area (Å²) in [5, 5.41) is 13.5. The van der Waals surface area contributed by atoms with E-state index in [1.54, 1.807) is 6.20 Å². The molecule has 0 saturated carbocycles. The van der Waals surface area contributed by atoms with E-state index >= 15 is 0 Å². The molecule has 1 aromatic carbocycles. The van der Waals surface area contributed by atoms with Gasteiger partial charge in [0.1, 0.15) is 16.9 Å². The molecular formula is C17H12N8O. The highest BCUT2D eigenvalue weighted by Crippen LogP contribution is 2.28. The number of nitrogens with two attached hydrogens (primary N) is 1. The Morgan fingerprint density at radius 2 is 1.88 bits per heavy atom. The molecule has 4 aromatic heterocycles. The highest BCUT2D eigenvalue weighted by molar-refractivity contribution is 5.86. The van der Waals surface area contributed by atoms with E-state index in [4.69, 9.17) is 5.73 Å².